The van der Waals surface area contributed by atoms with E-state index in [1.54, 1.807) is 41.3 Å². The van der Waals surface area contributed by atoms with Gasteiger partial charge in [-0.3, -0.25) is 14.3 Å². The van der Waals surface area contributed by atoms with Crippen molar-refractivity contribution in [1.82, 2.24) is 9.78 Å². The number of alkyl halides is 3. The molecule has 8 nitrogen and oxygen atoms in total. The van der Waals surface area contributed by atoms with Gasteiger partial charge in [-0.15, -0.1) is 6.42 Å². The van der Waals surface area contributed by atoms with Crippen molar-refractivity contribution in [3.63, 3.8) is 0 Å². The largest absolute Gasteiger partial charge is 0.495 e. The molecule has 3 aromatic rings. The summed E-state index contributed by atoms with van der Waals surface area (Å²) in [6, 6.07) is 11.6. The zero-order valence-electron chi connectivity index (χ0n) is 19.8. The number of hydrogen-bond acceptors (Lipinski definition) is 5. The monoisotopic (exact) mass is 512 g/mol. The number of nitrogens with zero attached hydrogens (tertiary/aromatic N) is 3. The van der Waals surface area contributed by atoms with Gasteiger partial charge in [0.25, 0.3) is 11.8 Å². The molecule has 0 unspecified atom stereocenters. The van der Waals surface area contributed by atoms with Crippen molar-refractivity contribution >= 4 is 23.2 Å². The third-order valence-corrected chi connectivity index (χ3v) is 5.74. The normalized spacial score (nSPS) is 13.2. The summed E-state index contributed by atoms with van der Waals surface area (Å²) in [5.41, 5.74) is 2.60. The first-order valence-corrected chi connectivity index (χ1v) is 11.3. The SMILES string of the molecule is C#Cc1cc(C(=O)Nc2cnn3c2C(=O)N(c2ccc(CCOCC(F)(F)F)cc2)CC3)ccc1OC. The van der Waals surface area contributed by atoms with Gasteiger partial charge in [0.15, 0.2) is 0 Å². The fourth-order valence-corrected chi connectivity index (χ4v) is 3.92. The van der Waals surface area contributed by atoms with E-state index in [1.807, 2.05) is 0 Å². The molecule has 1 aliphatic heterocycles. The summed E-state index contributed by atoms with van der Waals surface area (Å²) in [5, 5.41) is 6.96. The molecule has 2 aromatic carbocycles. The molecule has 0 bridgehead atoms. The number of ether oxygens (including phenoxy) is 2. The Balaban J connectivity index is 1.45. The molecule has 4 rings (SSSR count). The quantitative estimate of drug-likeness (QED) is 0.366. The second-order valence-corrected chi connectivity index (χ2v) is 8.18. The fraction of sp³-hybridized carbons (Fsp3) is 0.269. The highest BCUT2D eigenvalue weighted by molar-refractivity contribution is 6.13. The minimum Gasteiger partial charge on any atom is -0.495 e. The predicted octanol–water partition coefficient (Wildman–Crippen LogP) is 3.91. The number of carbonyl (C=O) groups is 2. The van der Waals surface area contributed by atoms with E-state index in [0.717, 1.165) is 5.56 Å². The van der Waals surface area contributed by atoms with Crippen LogP contribution in [0, 0.1) is 12.3 Å². The minimum atomic E-state index is -4.36. The Kier molecular flexibility index (Phi) is 7.50. The highest BCUT2D eigenvalue weighted by Crippen LogP contribution is 2.27. The maximum Gasteiger partial charge on any atom is 0.411 e. The second kappa shape index (κ2) is 10.8. The topological polar surface area (TPSA) is 85.7 Å². The molecule has 192 valence electrons. The minimum absolute atomic E-state index is 0.0687. The predicted molar refractivity (Wildman–Crippen MR) is 130 cm³/mol. The molecule has 1 aromatic heterocycles. The Hall–Kier alpha value is -4.30. The van der Waals surface area contributed by atoms with Gasteiger partial charge in [-0.05, 0) is 42.3 Å². The number of halogens is 3. The van der Waals surface area contributed by atoms with Gasteiger partial charge in [0.05, 0.1) is 37.7 Å². The highest BCUT2D eigenvalue weighted by Gasteiger charge is 2.30. The third-order valence-electron chi connectivity index (χ3n) is 5.74. The summed E-state index contributed by atoms with van der Waals surface area (Å²) in [7, 11) is 1.48. The lowest BCUT2D eigenvalue weighted by molar-refractivity contribution is -0.173. The van der Waals surface area contributed by atoms with E-state index in [2.05, 4.69) is 21.1 Å². The van der Waals surface area contributed by atoms with Crippen LogP contribution in [0.15, 0.2) is 48.7 Å². The van der Waals surface area contributed by atoms with E-state index in [9.17, 15) is 22.8 Å². The fourth-order valence-electron chi connectivity index (χ4n) is 3.92. The summed E-state index contributed by atoms with van der Waals surface area (Å²) in [4.78, 5) is 27.8. The summed E-state index contributed by atoms with van der Waals surface area (Å²) in [6.45, 7) is -0.586. The molecule has 2 amide bonds. The van der Waals surface area contributed by atoms with Crippen molar-refractivity contribution in [2.24, 2.45) is 0 Å². The first-order valence-electron chi connectivity index (χ1n) is 11.3. The van der Waals surface area contributed by atoms with Gasteiger partial charge in [-0.1, -0.05) is 18.1 Å². The second-order valence-electron chi connectivity index (χ2n) is 8.18. The molecule has 1 N–H and O–H groups in total. The van der Waals surface area contributed by atoms with E-state index in [-0.39, 0.29) is 23.9 Å². The van der Waals surface area contributed by atoms with Crippen molar-refractivity contribution in [2.75, 3.05) is 37.1 Å². The number of aromatic nitrogens is 2. The van der Waals surface area contributed by atoms with Gasteiger partial charge >= 0.3 is 6.18 Å². The number of amides is 2. The number of carbonyl (C=O) groups excluding carboxylic acids is 2. The van der Waals surface area contributed by atoms with Crippen LogP contribution in [0.1, 0.15) is 32.0 Å². The first kappa shape index (κ1) is 25.8. The van der Waals surface area contributed by atoms with E-state index < -0.39 is 18.7 Å². The van der Waals surface area contributed by atoms with E-state index in [4.69, 9.17) is 11.2 Å². The molecule has 11 heteroatoms. The van der Waals surface area contributed by atoms with Crippen LogP contribution in [0.2, 0.25) is 0 Å². The first-order chi connectivity index (χ1) is 17.7. The lowest BCUT2D eigenvalue weighted by Crippen LogP contribution is -2.41. The van der Waals surface area contributed by atoms with Crippen LogP contribution in [0.3, 0.4) is 0 Å². The Labute approximate surface area is 211 Å². The zero-order valence-corrected chi connectivity index (χ0v) is 19.8. The average Bonchev–Trinajstić information content (AvgIpc) is 3.29. The molecular formula is C26H23F3N4O4. The van der Waals surface area contributed by atoms with Crippen molar-refractivity contribution < 1.29 is 32.2 Å². The zero-order chi connectivity index (χ0) is 26.6. The van der Waals surface area contributed by atoms with Crippen LogP contribution >= 0.6 is 0 Å². The molecule has 0 aliphatic carbocycles. The summed E-state index contributed by atoms with van der Waals surface area (Å²) in [5.74, 6) is 2.13. The van der Waals surface area contributed by atoms with Gasteiger partial charge in [-0.2, -0.15) is 18.3 Å². The standard InChI is InChI=1S/C26H23F3N4O4/c1-3-18-14-19(6-9-22(18)36-2)24(34)31-21-15-30-33-12-11-32(25(35)23(21)33)20-7-4-17(5-8-20)10-13-37-16-26(27,28)29/h1,4-9,14-15H,10-13,16H2,2H3,(H,31,34). The number of anilines is 2. The molecule has 0 spiro atoms. The molecule has 0 fully saturated rings. The Morgan fingerprint density at radius 1 is 1.19 bits per heavy atom. The Bertz CT molecular complexity index is 1340. The molecule has 1 aliphatic rings. The van der Waals surface area contributed by atoms with Crippen molar-refractivity contribution in [3.05, 3.63) is 71.0 Å². The lowest BCUT2D eigenvalue weighted by Gasteiger charge is -2.28. The van der Waals surface area contributed by atoms with Crippen LogP contribution in [0.5, 0.6) is 5.75 Å². The van der Waals surface area contributed by atoms with Gasteiger partial charge < -0.3 is 19.7 Å². The number of nitrogens with one attached hydrogen (secondary N) is 1. The van der Waals surface area contributed by atoms with E-state index in [0.29, 0.717) is 42.1 Å². The number of terminal acetylenes is 1. The molecule has 0 atom stereocenters. The van der Waals surface area contributed by atoms with E-state index in [1.165, 1.54) is 24.1 Å². The van der Waals surface area contributed by atoms with Crippen LogP contribution < -0.4 is 15.0 Å². The van der Waals surface area contributed by atoms with Gasteiger partial charge in [-0.25, -0.2) is 0 Å². The lowest BCUT2D eigenvalue weighted by atomic mass is 10.1. The van der Waals surface area contributed by atoms with Gasteiger partial charge in [0, 0.05) is 17.8 Å². The number of methoxy groups -OCH3 is 1. The van der Waals surface area contributed by atoms with Crippen LogP contribution in [-0.4, -0.2) is 54.6 Å². The Morgan fingerprint density at radius 2 is 1.95 bits per heavy atom. The van der Waals surface area contributed by atoms with Gasteiger partial charge in [0.1, 0.15) is 18.1 Å². The number of benzene rings is 2. The van der Waals surface area contributed by atoms with Crippen molar-refractivity contribution in [2.45, 2.75) is 19.1 Å². The van der Waals surface area contributed by atoms with E-state index >= 15 is 0 Å². The Morgan fingerprint density at radius 3 is 2.62 bits per heavy atom. The summed E-state index contributed by atoms with van der Waals surface area (Å²) in [6.07, 6.45) is 2.86. The maximum absolute atomic E-state index is 13.3. The molecule has 0 saturated heterocycles. The summed E-state index contributed by atoms with van der Waals surface area (Å²) >= 11 is 0. The molecule has 0 radical (unpaired) electrons. The van der Waals surface area contributed by atoms with Crippen molar-refractivity contribution in [1.29, 1.82) is 0 Å². The smallest absolute Gasteiger partial charge is 0.411 e. The third kappa shape index (κ3) is 5.92. The number of fused-ring (bicyclic) bond motifs is 1. The molecule has 2 heterocycles. The maximum atomic E-state index is 13.3. The van der Waals surface area contributed by atoms with Crippen molar-refractivity contribution in [3.8, 4) is 18.1 Å². The number of rotatable bonds is 8. The molecule has 0 saturated carbocycles. The van der Waals surface area contributed by atoms with Crippen LogP contribution in [0.25, 0.3) is 0 Å². The van der Waals surface area contributed by atoms with Crippen LogP contribution in [-0.2, 0) is 17.7 Å². The molecule has 37 heavy (non-hydrogen) atoms. The summed E-state index contributed by atoms with van der Waals surface area (Å²) < 4.78 is 48.0. The van der Waals surface area contributed by atoms with Gasteiger partial charge in [0.2, 0.25) is 0 Å². The van der Waals surface area contributed by atoms with Crippen LogP contribution in [0.4, 0.5) is 24.5 Å². The average molecular weight is 512 g/mol. The highest BCUT2D eigenvalue weighted by atomic mass is 19.4. The number of hydrogen-bond donors (Lipinski definition) is 1. The molecular weight excluding hydrogens is 489 g/mol.